The highest BCUT2D eigenvalue weighted by Crippen LogP contribution is 2.30. The molecular formula is C10H11F2NO4S. The van der Waals surface area contributed by atoms with Crippen molar-refractivity contribution in [2.75, 3.05) is 19.8 Å². The van der Waals surface area contributed by atoms with Gasteiger partial charge in [0.15, 0.2) is 27.2 Å². The van der Waals surface area contributed by atoms with Gasteiger partial charge < -0.3 is 10.4 Å². The van der Waals surface area contributed by atoms with Crippen molar-refractivity contribution in [2.24, 2.45) is 0 Å². The summed E-state index contributed by atoms with van der Waals surface area (Å²) in [5.74, 6) is -4.99. The van der Waals surface area contributed by atoms with Crippen molar-refractivity contribution in [3.8, 4) is 5.75 Å². The molecule has 0 atom stereocenters. The largest absolute Gasteiger partial charge is 0.504 e. The third-order valence-electron chi connectivity index (χ3n) is 2.16. The zero-order valence-electron chi connectivity index (χ0n) is 9.62. The molecule has 0 aliphatic heterocycles. The van der Waals surface area contributed by atoms with Crippen LogP contribution in [0.4, 0.5) is 8.78 Å². The minimum atomic E-state index is -4.18. The van der Waals surface area contributed by atoms with Crippen LogP contribution in [0.25, 0.3) is 0 Å². The number of Topliss-reactive ketones (excluding diaryl/α,β-unsaturated/α-hetero) is 1. The number of carbonyl (C=O) groups is 1. The Kier molecular flexibility index (Phi) is 4.02. The number of rotatable bonds is 4. The van der Waals surface area contributed by atoms with Crippen LogP contribution >= 0.6 is 0 Å². The van der Waals surface area contributed by atoms with E-state index in [9.17, 15) is 27.1 Å². The molecule has 1 aromatic carbocycles. The van der Waals surface area contributed by atoms with Gasteiger partial charge in [-0.25, -0.2) is 17.2 Å². The summed E-state index contributed by atoms with van der Waals surface area (Å²) >= 11 is 0. The molecule has 0 saturated heterocycles. The van der Waals surface area contributed by atoms with Crippen molar-refractivity contribution in [2.45, 2.75) is 4.90 Å². The number of hydrogen-bond donors (Lipinski definition) is 2. The van der Waals surface area contributed by atoms with Gasteiger partial charge in [-0.1, -0.05) is 0 Å². The van der Waals surface area contributed by atoms with Gasteiger partial charge in [-0.15, -0.1) is 0 Å². The van der Waals surface area contributed by atoms with E-state index in [2.05, 4.69) is 5.32 Å². The average Bonchev–Trinajstić information content (AvgIpc) is 2.21. The van der Waals surface area contributed by atoms with Crippen LogP contribution in [-0.4, -0.2) is 39.2 Å². The highest BCUT2D eigenvalue weighted by Gasteiger charge is 2.27. The molecule has 2 N–H and O–H groups in total. The van der Waals surface area contributed by atoms with E-state index in [-0.39, 0.29) is 6.54 Å². The number of phenols is 1. The Hall–Kier alpha value is -1.54. The predicted molar refractivity (Wildman–Crippen MR) is 59.4 cm³/mol. The molecule has 100 valence electrons. The fourth-order valence-electron chi connectivity index (χ4n) is 1.40. The molecule has 0 fully saturated rings. The molecule has 1 rings (SSSR count). The van der Waals surface area contributed by atoms with Gasteiger partial charge in [-0.05, 0) is 13.1 Å². The maximum absolute atomic E-state index is 13.6. The van der Waals surface area contributed by atoms with Crippen LogP contribution in [0.15, 0.2) is 11.0 Å². The predicted octanol–water partition coefficient (Wildman–Crippen LogP) is 0.476. The van der Waals surface area contributed by atoms with Crippen molar-refractivity contribution >= 4 is 15.6 Å². The van der Waals surface area contributed by atoms with Crippen LogP contribution in [0.3, 0.4) is 0 Å². The van der Waals surface area contributed by atoms with Crippen LogP contribution in [-0.2, 0) is 9.84 Å². The van der Waals surface area contributed by atoms with Crippen molar-refractivity contribution in [3.05, 3.63) is 23.3 Å². The maximum atomic E-state index is 13.6. The SMILES string of the molecule is CNCC(=O)c1cc(F)c(S(C)(=O)=O)c(F)c1O. The zero-order valence-corrected chi connectivity index (χ0v) is 10.4. The lowest BCUT2D eigenvalue weighted by Gasteiger charge is -2.09. The maximum Gasteiger partial charge on any atom is 0.187 e. The van der Waals surface area contributed by atoms with Crippen LogP contribution < -0.4 is 5.32 Å². The molecule has 0 aliphatic rings. The molecule has 0 aliphatic carbocycles. The number of carbonyl (C=O) groups excluding carboxylic acids is 1. The van der Waals surface area contributed by atoms with Gasteiger partial charge in [-0.3, -0.25) is 4.79 Å². The van der Waals surface area contributed by atoms with Gasteiger partial charge in [0.05, 0.1) is 12.1 Å². The van der Waals surface area contributed by atoms with E-state index in [1.54, 1.807) is 0 Å². The number of nitrogens with one attached hydrogen (secondary N) is 1. The third-order valence-corrected chi connectivity index (χ3v) is 3.27. The molecule has 0 amide bonds. The Labute approximate surface area is 102 Å². The van der Waals surface area contributed by atoms with Crippen LogP contribution in [0.1, 0.15) is 10.4 Å². The molecule has 0 bridgehead atoms. The van der Waals surface area contributed by atoms with E-state index in [1.165, 1.54) is 7.05 Å². The Morgan fingerprint density at radius 1 is 1.44 bits per heavy atom. The zero-order chi connectivity index (χ0) is 14.1. The number of likely N-dealkylation sites (N-methyl/N-ethyl adjacent to an activating group) is 1. The summed E-state index contributed by atoms with van der Waals surface area (Å²) in [7, 11) is -2.74. The molecule has 8 heteroatoms. The Morgan fingerprint density at radius 2 is 2.00 bits per heavy atom. The summed E-state index contributed by atoms with van der Waals surface area (Å²) in [6.07, 6.45) is 0.600. The second-order valence-corrected chi connectivity index (χ2v) is 5.58. The summed E-state index contributed by atoms with van der Waals surface area (Å²) in [6.45, 7) is -0.245. The standard InChI is InChI=1S/C10H11F2NO4S/c1-13-4-7(14)5-3-6(11)10(18(2,16)17)8(12)9(5)15/h3,13,15H,4H2,1-2H3. The van der Waals surface area contributed by atoms with Gasteiger partial charge in [-0.2, -0.15) is 0 Å². The van der Waals surface area contributed by atoms with Crippen molar-refractivity contribution in [3.63, 3.8) is 0 Å². The minimum Gasteiger partial charge on any atom is -0.504 e. The monoisotopic (exact) mass is 279 g/mol. The van der Waals surface area contributed by atoms with Gasteiger partial charge in [0.2, 0.25) is 0 Å². The summed E-state index contributed by atoms with van der Waals surface area (Å²) in [5, 5.41) is 11.9. The van der Waals surface area contributed by atoms with Crippen molar-refractivity contribution < 1.29 is 27.1 Å². The fourth-order valence-corrected chi connectivity index (χ4v) is 2.23. The fraction of sp³-hybridized carbons (Fsp3) is 0.300. The van der Waals surface area contributed by atoms with E-state index >= 15 is 0 Å². The van der Waals surface area contributed by atoms with Gasteiger partial charge in [0, 0.05) is 6.26 Å². The summed E-state index contributed by atoms with van der Waals surface area (Å²) in [6, 6.07) is 0.508. The van der Waals surface area contributed by atoms with Crippen molar-refractivity contribution in [1.82, 2.24) is 5.32 Å². The number of hydrogen-bond acceptors (Lipinski definition) is 5. The Bertz CT molecular complexity index is 598. The number of phenolic OH excluding ortho intramolecular Hbond substituents is 1. The van der Waals surface area contributed by atoms with E-state index in [0.29, 0.717) is 12.3 Å². The first kappa shape index (κ1) is 14.5. The summed E-state index contributed by atoms with van der Waals surface area (Å²) < 4.78 is 49.4. The lowest BCUT2D eigenvalue weighted by Crippen LogP contribution is -2.19. The van der Waals surface area contributed by atoms with E-state index < -0.39 is 43.5 Å². The number of sulfone groups is 1. The molecular weight excluding hydrogens is 268 g/mol. The second-order valence-electron chi connectivity index (χ2n) is 3.62. The van der Waals surface area contributed by atoms with Gasteiger partial charge in [0.25, 0.3) is 0 Å². The number of halogens is 2. The quantitative estimate of drug-likeness (QED) is 0.783. The molecule has 0 heterocycles. The highest BCUT2D eigenvalue weighted by molar-refractivity contribution is 7.90. The summed E-state index contributed by atoms with van der Waals surface area (Å²) in [5.41, 5.74) is -0.605. The molecule has 0 saturated carbocycles. The molecule has 0 radical (unpaired) electrons. The lowest BCUT2D eigenvalue weighted by atomic mass is 10.1. The Balaban J connectivity index is 3.52. The molecule has 0 spiro atoms. The van der Waals surface area contributed by atoms with Gasteiger partial charge in [0.1, 0.15) is 10.7 Å². The van der Waals surface area contributed by atoms with E-state index in [4.69, 9.17) is 0 Å². The average molecular weight is 279 g/mol. The third kappa shape index (κ3) is 2.65. The number of ketones is 1. The second kappa shape index (κ2) is 4.99. The number of aromatic hydroxyl groups is 1. The van der Waals surface area contributed by atoms with Crippen LogP contribution in [0.2, 0.25) is 0 Å². The lowest BCUT2D eigenvalue weighted by molar-refractivity contribution is 0.0989. The molecule has 18 heavy (non-hydrogen) atoms. The number of benzene rings is 1. The van der Waals surface area contributed by atoms with E-state index in [0.717, 1.165) is 0 Å². The first-order valence-corrected chi connectivity index (χ1v) is 6.68. The van der Waals surface area contributed by atoms with Gasteiger partial charge >= 0.3 is 0 Å². The smallest absolute Gasteiger partial charge is 0.187 e. The first-order chi connectivity index (χ1) is 8.20. The molecule has 5 nitrogen and oxygen atoms in total. The van der Waals surface area contributed by atoms with Crippen molar-refractivity contribution in [1.29, 1.82) is 0 Å². The minimum absolute atomic E-state index is 0.245. The summed E-state index contributed by atoms with van der Waals surface area (Å²) in [4.78, 5) is 10.2. The molecule has 1 aromatic rings. The molecule has 0 aromatic heterocycles. The Morgan fingerprint density at radius 3 is 2.44 bits per heavy atom. The molecule has 0 unspecified atom stereocenters. The van der Waals surface area contributed by atoms with Crippen LogP contribution in [0, 0.1) is 11.6 Å². The van der Waals surface area contributed by atoms with E-state index in [1.807, 2.05) is 0 Å². The normalized spacial score (nSPS) is 11.6. The topological polar surface area (TPSA) is 83.5 Å². The first-order valence-electron chi connectivity index (χ1n) is 4.79. The van der Waals surface area contributed by atoms with Crippen LogP contribution in [0.5, 0.6) is 5.75 Å². The highest BCUT2D eigenvalue weighted by atomic mass is 32.2.